The van der Waals surface area contributed by atoms with Gasteiger partial charge in [0, 0.05) is 17.7 Å². The molecule has 0 aliphatic carbocycles. The van der Waals surface area contributed by atoms with Gasteiger partial charge >= 0.3 is 5.91 Å². The van der Waals surface area contributed by atoms with Gasteiger partial charge in [-0.2, -0.15) is 4.57 Å². The molecule has 2 N–H and O–H groups in total. The number of rotatable bonds is 3. The van der Waals surface area contributed by atoms with Crippen LogP contribution in [0.2, 0.25) is 0 Å². The van der Waals surface area contributed by atoms with Crippen LogP contribution in [-0.4, -0.2) is 11.8 Å². The first-order valence-electron chi connectivity index (χ1n) is 6.25. The molecule has 0 bridgehead atoms. The number of aryl methyl sites for hydroxylation is 1. The summed E-state index contributed by atoms with van der Waals surface area (Å²) >= 11 is 0. The van der Waals surface area contributed by atoms with E-state index in [0.717, 1.165) is 5.56 Å². The summed E-state index contributed by atoms with van der Waals surface area (Å²) in [5.74, 6) is -0.627. The molecule has 0 atom stereocenters. The number of nitrogens with one attached hydrogen (secondary N) is 2. The molecule has 0 fully saturated rings. The Labute approximate surface area is 129 Å². The maximum absolute atomic E-state index is 11.8. The molecule has 110 valence electrons. The fraction of sp³-hybridized carbons (Fsp3) is 0.133. The SMILES string of the molecule is Cc1ccc(C(=O)NNC(=O)C[n+]2ccccc2)cc1.[Cl-]. The van der Waals surface area contributed by atoms with E-state index in [1.807, 2.05) is 37.3 Å². The van der Waals surface area contributed by atoms with Crippen LogP contribution in [0.1, 0.15) is 15.9 Å². The zero-order valence-electron chi connectivity index (χ0n) is 11.5. The van der Waals surface area contributed by atoms with Crippen molar-refractivity contribution in [1.29, 1.82) is 0 Å². The number of pyridine rings is 1. The number of aromatic nitrogens is 1. The maximum Gasteiger partial charge on any atom is 0.304 e. The highest BCUT2D eigenvalue weighted by Gasteiger charge is 2.10. The maximum atomic E-state index is 11.8. The summed E-state index contributed by atoms with van der Waals surface area (Å²) in [6.07, 6.45) is 3.56. The van der Waals surface area contributed by atoms with Crippen LogP contribution in [0.5, 0.6) is 0 Å². The van der Waals surface area contributed by atoms with Crippen LogP contribution in [0.15, 0.2) is 54.9 Å². The van der Waals surface area contributed by atoms with Gasteiger partial charge in [0.1, 0.15) is 0 Å². The van der Waals surface area contributed by atoms with Gasteiger partial charge in [0.15, 0.2) is 12.4 Å². The molecule has 1 aromatic heterocycles. The minimum Gasteiger partial charge on any atom is -1.00 e. The number of carbonyl (C=O) groups excluding carboxylic acids is 2. The number of halogens is 1. The van der Waals surface area contributed by atoms with Crippen molar-refractivity contribution in [2.45, 2.75) is 13.5 Å². The second-order valence-electron chi connectivity index (χ2n) is 4.42. The fourth-order valence-electron chi connectivity index (χ4n) is 1.65. The van der Waals surface area contributed by atoms with Gasteiger partial charge < -0.3 is 12.4 Å². The smallest absolute Gasteiger partial charge is 0.304 e. The average Bonchev–Trinajstić information content (AvgIpc) is 2.46. The third-order valence-electron chi connectivity index (χ3n) is 2.73. The van der Waals surface area contributed by atoms with Gasteiger partial charge in [0.05, 0.1) is 0 Å². The van der Waals surface area contributed by atoms with Crippen molar-refractivity contribution in [3.63, 3.8) is 0 Å². The number of nitrogens with zero attached hydrogens (tertiary/aromatic N) is 1. The fourth-order valence-corrected chi connectivity index (χ4v) is 1.65. The number of benzene rings is 1. The van der Waals surface area contributed by atoms with Gasteiger partial charge in [-0.05, 0) is 19.1 Å². The molecule has 2 aromatic rings. The first-order chi connectivity index (χ1) is 9.65. The van der Waals surface area contributed by atoms with Crippen LogP contribution in [0, 0.1) is 6.92 Å². The summed E-state index contributed by atoms with van der Waals surface area (Å²) < 4.78 is 1.72. The van der Waals surface area contributed by atoms with Crippen molar-refractivity contribution in [2.75, 3.05) is 0 Å². The van der Waals surface area contributed by atoms with Gasteiger partial charge in [0.2, 0.25) is 6.54 Å². The lowest BCUT2D eigenvalue weighted by Crippen LogP contribution is -3.00. The van der Waals surface area contributed by atoms with Crippen LogP contribution >= 0.6 is 0 Å². The van der Waals surface area contributed by atoms with E-state index in [9.17, 15) is 9.59 Å². The molecule has 0 unspecified atom stereocenters. The van der Waals surface area contributed by atoms with Crippen molar-refractivity contribution in [3.05, 3.63) is 66.0 Å². The van der Waals surface area contributed by atoms with E-state index in [1.54, 1.807) is 29.1 Å². The van der Waals surface area contributed by atoms with Crippen molar-refractivity contribution >= 4 is 11.8 Å². The summed E-state index contributed by atoms with van der Waals surface area (Å²) in [5, 5.41) is 0. The Hall–Kier alpha value is -2.40. The Morgan fingerprint density at radius 1 is 1.00 bits per heavy atom. The zero-order valence-corrected chi connectivity index (χ0v) is 12.3. The number of hydrazine groups is 1. The number of carbonyl (C=O) groups is 2. The second-order valence-corrected chi connectivity index (χ2v) is 4.42. The second kappa shape index (κ2) is 8.01. The molecule has 5 nitrogen and oxygen atoms in total. The third-order valence-corrected chi connectivity index (χ3v) is 2.73. The molecule has 2 rings (SSSR count). The number of hydrogen-bond donors (Lipinski definition) is 2. The molecule has 2 amide bonds. The first kappa shape index (κ1) is 16.7. The molecular weight excluding hydrogens is 290 g/mol. The van der Waals surface area contributed by atoms with E-state index in [2.05, 4.69) is 10.9 Å². The molecule has 0 aliphatic heterocycles. The normalized spacial score (nSPS) is 9.38. The minimum atomic E-state index is -0.337. The lowest BCUT2D eigenvalue weighted by Gasteiger charge is -2.06. The van der Waals surface area contributed by atoms with Crippen molar-refractivity contribution in [3.8, 4) is 0 Å². The van der Waals surface area contributed by atoms with E-state index in [0.29, 0.717) is 5.56 Å². The van der Waals surface area contributed by atoms with Gasteiger partial charge in [-0.15, -0.1) is 0 Å². The molecule has 1 aromatic carbocycles. The summed E-state index contributed by atoms with van der Waals surface area (Å²) in [6, 6.07) is 12.6. The van der Waals surface area contributed by atoms with Crippen LogP contribution in [0.4, 0.5) is 0 Å². The van der Waals surface area contributed by atoms with E-state index < -0.39 is 0 Å². The lowest BCUT2D eigenvalue weighted by molar-refractivity contribution is -0.684. The molecule has 0 radical (unpaired) electrons. The largest absolute Gasteiger partial charge is 1.00 e. The summed E-state index contributed by atoms with van der Waals surface area (Å²) in [4.78, 5) is 23.4. The molecule has 0 saturated heterocycles. The predicted octanol–water partition coefficient (Wildman–Crippen LogP) is -2.25. The van der Waals surface area contributed by atoms with E-state index in [-0.39, 0.29) is 30.8 Å². The monoisotopic (exact) mass is 305 g/mol. The Kier molecular flexibility index (Phi) is 6.36. The van der Waals surface area contributed by atoms with Gasteiger partial charge in [-0.3, -0.25) is 20.4 Å². The highest BCUT2D eigenvalue weighted by molar-refractivity contribution is 5.95. The van der Waals surface area contributed by atoms with E-state index in [4.69, 9.17) is 0 Å². The Morgan fingerprint density at radius 3 is 2.24 bits per heavy atom. The zero-order chi connectivity index (χ0) is 14.4. The molecule has 0 aliphatic rings. The number of hydrogen-bond acceptors (Lipinski definition) is 2. The quantitative estimate of drug-likeness (QED) is 0.497. The Bertz CT molecular complexity index is 600. The highest BCUT2D eigenvalue weighted by atomic mass is 35.5. The van der Waals surface area contributed by atoms with E-state index >= 15 is 0 Å². The van der Waals surface area contributed by atoms with Gasteiger partial charge in [0.25, 0.3) is 5.91 Å². The molecular formula is C15H16ClN3O2. The van der Waals surface area contributed by atoms with Gasteiger partial charge in [-0.25, -0.2) is 0 Å². The molecule has 0 spiro atoms. The first-order valence-corrected chi connectivity index (χ1v) is 6.25. The third kappa shape index (κ3) is 5.24. The highest BCUT2D eigenvalue weighted by Crippen LogP contribution is 2.02. The van der Waals surface area contributed by atoms with Crippen LogP contribution < -0.4 is 27.8 Å². The van der Waals surface area contributed by atoms with Gasteiger partial charge in [-0.1, -0.05) is 23.8 Å². The van der Waals surface area contributed by atoms with Crippen LogP contribution in [0.25, 0.3) is 0 Å². The molecule has 0 saturated carbocycles. The molecule has 1 heterocycles. The summed E-state index contributed by atoms with van der Waals surface area (Å²) in [6.45, 7) is 2.09. The topological polar surface area (TPSA) is 62.1 Å². The molecule has 21 heavy (non-hydrogen) atoms. The molecule has 6 heteroatoms. The summed E-state index contributed by atoms with van der Waals surface area (Å²) in [5.41, 5.74) is 6.35. The van der Waals surface area contributed by atoms with E-state index in [1.165, 1.54) is 0 Å². The predicted molar refractivity (Wildman–Crippen MR) is 73.4 cm³/mol. The Morgan fingerprint density at radius 2 is 1.62 bits per heavy atom. The van der Waals surface area contributed by atoms with Crippen molar-refractivity contribution < 1.29 is 26.6 Å². The summed E-state index contributed by atoms with van der Waals surface area (Å²) in [7, 11) is 0. The number of amides is 2. The Balaban J connectivity index is 0.00000220. The minimum absolute atomic E-state index is 0. The van der Waals surface area contributed by atoms with Crippen molar-refractivity contribution in [1.82, 2.24) is 10.9 Å². The van der Waals surface area contributed by atoms with Crippen molar-refractivity contribution in [2.24, 2.45) is 0 Å². The average molecular weight is 306 g/mol. The standard InChI is InChI=1S/C15H15N3O2.ClH/c1-12-5-7-13(8-6-12)15(20)17-16-14(19)11-18-9-3-2-4-10-18;/h2-10H,11H2,1H3,(H-,16,17,19,20);1H. The van der Waals surface area contributed by atoms with Crippen LogP contribution in [0.3, 0.4) is 0 Å². The van der Waals surface area contributed by atoms with Crippen LogP contribution in [-0.2, 0) is 11.3 Å². The lowest BCUT2D eigenvalue weighted by atomic mass is 10.1.